The molecular weight excluding hydrogens is 701 g/mol. The van der Waals surface area contributed by atoms with Gasteiger partial charge in [0.15, 0.2) is 0 Å². The van der Waals surface area contributed by atoms with E-state index in [2.05, 4.69) is 70.4 Å². The standard InChI is InChI=1S/C46H20N6S2/c1-49-43-33(23-47)45(51-35-15-7-3-11-25(35)29-19-31-27-13-5-9-17-39(27)53-41(31)21-37(29)51)34(24-48)44(50-2)46(43)52-36-16-8-4-12-26(36)30-20-32-28-14-6-10-18-40(28)54-42(32)22-38(30)52/h3-22H. The molecule has 0 radical (unpaired) electrons. The molecule has 0 spiro atoms. The Morgan fingerprint density at radius 2 is 0.833 bits per heavy atom. The van der Waals surface area contributed by atoms with Gasteiger partial charge in [0.25, 0.3) is 0 Å². The fraction of sp³-hybridized carbons (Fsp3) is 0. The molecule has 11 aromatic rings. The minimum Gasteiger partial charge on any atom is -0.329 e. The second-order valence-corrected chi connectivity index (χ2v) is 15.4. The molecule has 0 fully saturated rings. The largest absolute Gasteiger partial charge is 0.329 e. The number of rotatable bonds is 2. The first-order chi connectivity index (χ1) is 26.6. The SMILES string of the molecule is [C-]#[N+]c1c(C#N)c(-n2c3ccccc3c3cc4c(cc32)sc2ccccc24)c(C#N)c([N+]#[C-])c1-n1c2ccccc2c2cc3c(cc21)sc1ccccc13. The number of hydrogen-bond acceptors (Lipinski definition) is 4. The number of hydrogen-bond donors (Lipinski definition) is 0. The van der Waals surface area contributed by atoms with Gasteiger partial charge in [0, 0.05) is 61.9 Å². The summed E-state index contributed by atoms with van der Waals surface area (Å²) in [5.74, 6) is 0. The van der Waals surface area contributed by atoms with Crippen LogP contribution in [0.4, 0.5) is 11.4 Å². The van der Waals surface area contributed by atoms with E-state index in [1.54, 1.807) is 22.7 Å². The van der Waals surface area contributed by atoms with Crippen molar-refractivity contribution in [3.05, 3.63) is 155 Å². The van der Waals surface area contributed by atoms with Crippen molar-refractivity contribution < 1.29 is 0 Å². The predicted molar refractivity (Wildman–Crippen MR) is 223 cm³/mol. The van der Waals surface area contributed by atoms with Crippen LogP contribution in [0.25, 0.3) is 105 Å². The molecule has 0 aliphatic carbocycles. The van der Waals surface area contributed by atoms with Crippen molar-refractivity contribution in [2.75, 3.05) is 0 Å². The van der Waals surface area contributed by atoms with E-state index >= 15 is 0 Å². The lowest BCUT2D eigenvalue weighted by Gasteiger charge is -2.20. The van der Waals surface area contributed by atoms with E-state index in [0.29, 0.717) is 0 Å². The summed E-state index contributed by atoms with van der Waals surface area (Å²) < 4.78 is 8.31. The molecule has 11 rings (SSSR count). The molecule has 0 unspecified atom stereocenters. The Balaban J connectivity index is 1.30. The average molecular weight is 721 g/mol. The molecule has 0 aliphatic rings. The van der Waals surface area contributed by atoms with E-state index < -0.39 is 0 Å². The van der Waals surface area contributed by atoms with Crippen LogP contribution in [0, 0.1) is 35.8 Å². The zero-order chi connectivity index (χ0) is 36.2. The Labute approximate surface area is 315 Å². The molecule has 0 saturated heterocycles. The molecular formula is C46H20N6S2. The molecule has 0 atom stereocenters. The van der Waals surface area contributed by atoms with Gasteiger partial charge in [0.1, 0.15) is 0 Å². The zero-order valence-electron chi connectivity index (χ0n) is 28.0. The van der Waals surface area contributed by atoms with E-state index in [4.69, 9.17) is 13.1 Å². The first kappa shape index (κ1) is 30.2. The summed E-state index contributed by atoms with van der Waals surface area (Å²) in [5.41, 5.74) is 3.84. The van der Waals surface area contributed by atoms with Crippen LogP contribution in [0.15, 0.2) is 121 Å². The van der Waals surface area contributed by atoms with Crippen molar-refractivity contribution in [3.8, 4) is 23.5 Å². The van der Waals surface area contributed by atoms with Crippen molar-refractivity contribution in [1.82, 2.24) is 9.13 Å². The average Bonchev–Trinajstić information content (AvgIpc) is 3.95. The van der Waals surface area contributed by atoms with Crippen LogP contribution in [0.5, 0.6) is 0 Å². The molecule has 246 valence electrons. The number of benzene rings is 7. The molecule has 8 heteroatoms. The van der Waals surface area contributed by atoms with Gasteiger partial charge in [0.05, 0.1) is 69.9 Å². The maximum absolute atomic E-state index is 11.1. The van der Waals surface area contributed by atoms with Gasteiger partial charge in [-0.2, -0.15) is 10.5 Å². The Bertz CT molecular complexity index is 3380. The normalized spacial score (nSPS) is 11.6. The molecule has 0 saturated carbocycles. The van der Waals surface area contributed by atoms with Crippen LogP contribution in [0.2, 0.25) is 0 Å². The van der Waals surface area contributed by atoms with Gasteiger partial charge in [-0.3, -0.25) is 0 Å². The number of nitriles is 2. The van der Waals surface area contributed by atoms with Gasteiger partial charge in [-0.15, -0.1) is 22.7 Å². The van der Waals surface area contributed by atoms with E-state index in [0.717, 1.165) is 63.8 Å². The minimum absolute atomic E-state index is 0.0328. The second kappa shape index (κ2) is 11.0. The van der Waals surface area contributed by atoms with Crippen LogP contribution in [-0.2, 0) is 0 Å². The Morgan fingerprint density at radius 3 is 1.28 bits per heavy atom. The zero-order valence-corrected chi connectivity index (χ0v) is 29.7. The predicted octanol–water partition coefficient (Wildman–Crippen LogP) is 13.5. The monoisotopic (exact) mass is 720 g/mol. The lowest BCUT2D eigenvalue weighted by Crippen LogP contribution is -2.06. The fourth-order valence-corrected chi connectivity index (χ4v) is 10.7. The summed E-state index contributed by atoms with van der Waals surface area (Å²) in [6, 6.07) is 45.8. The van der Waals surface area contributed by atoms with Gasteiger partial charge in [0.2, 0.25) is 11.4 Å². The molecule has 4 heterocycles. The maximum atomic E-state index is 11.1. The molecule has 4 aromatic heterocycles. The van der Waals surface area contributed by atoms with Crippen molar-refractivity contribution in [3.63, 3.8) is 0 Å². The van der Waals surface area contributed by atoms with Crippen LogP contribution in [0.3, 0.4) is 0 Å². The summed E-state index contributed by atoms with van der Waals surface area (Å²) >= 11 is 3.38. The van der Waals surface area contributed by atoms with Gasteiger partial charge >= 0.3 is 0 Å². The Kier molecular flexibility index (Phi) is 6.16. The van der Waals surface area contributed by atoms with Gasteiger partial charge in [-0.05, 0) is 48.5 Å². The van der Waals surface area contributed by atoms with Crippen LogP contribution < -0.4 is 0 Å². The van der Waals surface area contributed by atoms with Crippen LogP contribution in [0.1, 0.15) is 11.1 Å². The van der Waals surface area contributed by atoms with Gasteiger partial charge in [-0.25, -0.2) is 9.69 Å². The number of nitrogens with zero attached hydrogens (tertiary/aromatic N) is 6. The highest BCUT2D eigenvalue weighted by Crippen LogP contribution is 2.50. The summed E-state index contributed by atoms with van der Waals surface area (Å²) in [6.45, 7) is 17.3. The van der Waals surface area contributed by atoms with Crippen molar-refractivity contribution >= 4 is 118 Å². The number of para-hydroxylation sites is 2. The quantitative estimate of drug-likeness (QED) is 0.167. The number of fused-ring (bicyclic) bond motifs is 12. The first-order valence-corrected chi connectivity index (χ1v) is 18.8. The lowest BCUT2D eigenvalue weighted by molar-refractivity contribution is 1.14. The van der Waals surface area contributed by atoms with E-state index in [1.165, 1.54) is 20.2 Å². The van der Waals surface area contributed by atoms with E-state index in [9.17, 15) is 10.5 Å². The van der Waals surface area contributed by atoms with Crippen LogP contribution >= 0.6 is 22.7 Å². The number of thiophene rings is 2. The number of aromatic nitrogens is 2. The van der Waals surface area contributed by atoms with E-state index in [-0.39, 0.29) is 33.9 Å². The highest BCUT2D eigenvalue weighted by molar-refractivity contribution is 7.26. The molecule has 0 N–H and O–H groups in total. The highest BCUT2D eigenvalue weighted by atomic mass is 32.1. The van der Waals surface area contributed by atoms with Gasteiger partial charge in [-0.1, -0.05) is 72.8 Å². The van der Waals surface area contributed by atoms with Gasteiger partial charge < -0.3 is 9.13 Å². The van der Waals surface area contributed by atoms with E-state index in [1.807, 2.05) is 81.9 Å². The van der Waals surface area contributed by atoms with Crippen molar-refractivity contribution in [2.45, 2.75) is 0 Å². The van der Waals surface area contributed by atoms with Crippen molar-refractivity contribution in [2.24, 2.45) is 0 Å². The maximum Gasteiger partial charge on any atom is 0.219 e. The third-order valence-corrected chi connectivity index (χ3v) is 12.9. The summed E-state index contributed by atoms with van der Waals surface area (Å²) in [6.07, 6.45) is 0. The lowest BCUT2D eigenvalue weighted by atomic mass is 10.00. The topological polar surface area (TPSA) is 66.2 Å². The fourth-order valence-electron chi connectivity index (χ4n) is 8.42. The second-order valence-electron chi connectivity index (χ2n) is 13.2. The van der Waals surface area contributed by atoms with Crippen molar-refractivity contribution in [1.29, 1.82) is 10.5 Å². The highest BCUT2D eigenvalue weighted by Gasteiger charge is 2.31. The third kappa shape index (κ3) is 3.83. The molecule has 0 aliphatic heterocycles. The first-order valence-electron chi connectivity index (χ1n) is 17.1. The molecule has 54 heavy (non-hydrogen) atoms. The Morgan fingerprint density at radius 1 is 0.426 bits per heavy atom. The summed E-state index contributed by atoms with van der Waals surface area (Å²) in [4.78, 5) is 8.09. The molecule has 6 nitrogen and oxygen atoms in total. The summed E-state index contributed by atoms with van der Waals surface area (Å²) in [7, 11) is 0. The van der Waals surface area contributed by atoms with Crippen LogP contribution in [-0.4, -0.2) is 9.13 Å². The summed E-state index contributed by atoms with van der Waals surface area (Å²) in [5, 5.41) is 30.6. The molecule has 7 aromatic carbocycles. The Hall–Kier alpha value is -7.46. The minimum atomic E-state index is 0.0328. The third-order valence-electron chi connectivity index (χ3n) is 10.6. The smallest absolute Gasteiger partial charge is 0.219 e. The molecule has 0 bridgehead atoms. The molecule has 0 amide bonds.